The van der Waals surface area contributed by atoms with E-state index in [0.717, 1.165) is 25.1 Å². The van der Waals surface area contributed by atoms with Gasteiger partial charge in [0.05, 0.1) is 6.61 Å². The summed E-state index contributed by atoms with van der Waals surface area (Å²) in [4.78, 5) is 10.9. The van der Waals surface area contributed by atoms with Crippen LogP contribution in [-0.4, -0.2) is 19.5 Å². The summed E-state index contributed by atoms with van der Waals surface area (Å²) >= 11 is 0. The largest absolute Gasteiger partial charge is 0.381 e. The molecule has 0 heterocycles. The molecule has 0 aliphatic heterocycles. The van der Waals surface area contributed by atoms with Gasteiger partial charge in [0, 0.05) is 17.6 Å². The average Bonchev–Trinajstić information content (AvgIpc) is 2.86. The number of benzene rings is 1. The summed E-state index contributed by atoms with van der Waals surface area (Å²) < 4.78 is 5.66. The van der Waals surface area contributed by atoms with Crippen LogP contribution >= 0.6 is 0 Å². The maximum atomic E-state index is 10.9. The molecule has 1 aliphatic rings. The van der Waals surface area contributed by atoms with Gasteiger partial charge in [-0.25, -0.2) is 0 Å². The number of hydrogen-bond donors (Lipinski definition) is 0. The lowest BCUT2D eigenvalue weighted by molar-refractivity contribution is 0.0934. The van der Waals surface area contributed by atoms with Gasteiger partial charge in [0.2, 0.25) is 0 Å². The van der Waals surface area contributed by atoms with Crippen LogP contribution < -0.4 is 0 Å². The molecule has 0 radical (unpaired) electrons. The smallest absolute Gasteiger partial charge is 0.150 e. The summed E-state index contributed by atoms with van der Waals surface area (Å²) in [6, 6.07) is 8.00. The molecule has 0 amide bonds. The highest BCUT2D eigenvalue weighted by Gasteiger charge is 2.35. The Hall–Kier alpha value is -1.15. The van der Waals surface area contributed by atoms with Crippen molar-refractivity contribution < 1.29 is 9.53 Å². The predicted octanol–water partition coefficient (Wildman–Crippen LogP) is 3.35. The van der Waals surface area contributed by atoms with Crippen LogP contribution in [-0.2, 0) is 10.2 Å². The molecule has 1 saturated carbocycles. The second-order valence-electron chi connectivity index (χ2n) is 4.87. The standard InChI is InChI=1S/C15H20O2/c1-2-17-12-15(8-3-4-9-15)14-7-5-6-13(10-14)11-16/h5-7,10-11H,2-4,8-9,12H2,1H3. The lowest BCUT2D eigenvalue weighted by Crippen LogP contribution is -2.28. The molecule has 1 aliphatic carbocycles. The molecule has 1 fully saturated rings. The van der Waals surface area contributed by atoms with Gasteiger partial charge in [0.1, 0.15) is 6.29 Å². The SMILES string of the molecule is CCOCC1(c2cccc(C=O)c2)CCCC1. The van der Waals surface area contributed by atoms with E-state index in [1.54, 1.807) is 0 Å². The molecule has 0 bridgehead atoms. The first-order valence-corrected chi connectivity index (χ1v) is 6.44. The van der Waals surface area contributed by atoms with Crippen LogP contribution in [0.5, 0.6) is 0 Å². The summed E-state index contributed by atoms with van der Waals surface area (Å²) in [5, 5.41) is 0. The predicted molar refractivity (Wildman–Crippen MR) is 68.5 cm³/mol. The minimum absolute atomic E-state index is 0.148. The molecule has 17 heavy (non-hydrogen) atoms. The molecule has 0 unspecified atom stereocenters. The fraction of sp³-hybridized carbons (Fsp3) is 0.533. The van der Waals surface area contributed by atoms with Crippen LogP contribution in [0.4, 0.5) is 0 Å². The van der Waals surface area contributed by atoms with E-state index in [0.29, 0.717) is 0 Å². The number of hydrogen-bond acceptors (Lipinski definition) is 2. The van der Waals surface area contributed by atoms with Gasteiger partial charge in [-0.3, -0.25) is 4.79 Å². The minimum atomic E-state index is 0.148. The van der Waals surface area contributed by atoms with Crippen LogP contribution in [0.3, 0.4) is 0 Å². The van der Waals surface area contributed by atoms with E-state index in [4.69, 9.17) is 4.74 Å². The average molecular weight is 232 g/mol. The van der Waals surface area contributed by atoms with Crippen molar-refractivity contribution in [3.63, 3.8) is 0 Å². The summed E-state index contributed by atoms with van der Waals surface area (Å²) in [5.41, 5.74) is 2.19. The van der Waals surface area contributed by atoms with Crippen molar-refractivity contribution >= 4 is 6.29 Å². The number of carbonyl (C=O) groups is 1. The van der Waals surface area contributed by atoms with Crippen molar-refractivity contribution in [2.45, 2.75) is 38.0 Å². The molecule has 0 N–H and O–H groups in total. The van der Waals surface area contributed by atoms with Gasteiger partial charge in [0.25, 0.3) is 0 Å². The van der Waals surface area contributed by atoms with Crippen LogP contribution in [0.15, 0.2) is 24.3 Å². The van der Waals surface area contributed by atoms with Crippen molar-refractivity contribution in [3.05, 3.63) is 35.4 Å². The van der Waals surface area contributed by atoms with Crippen LogP contribution in [0, 0.1) is 0 Å². The Morgan fingerprint density at radius 2 is 2.12 bits per heavy atom. The fourth-order valence-corrected chi connectivity index (χ4v) is 2.81. The molecule has 1 aromatic rings. The van der Waals surface area contributed by atoms with Gasteiger partial charge in [-0.1, -0.05) is 31.0 Å². The third-order valence-electron chi connectivity index (χ3n) is 3.78. The van der Waals surface area contributed by atoms with Gasteiger partial charge >= 0.3 is 0 Å². The van der Waals surface area contributed by atoms with E-state index in [9.17, 15) is 4.79 Å². The maximum absolute atomic E-state index is 10.9. The minimum Gasteiger partial charge on any atom is -0.381 e. The number of rotatable bonds is 5. The highest BCUT2D eigenvalue weighted by molar-refractivity contribution is 5.75. The summed E-state index contributed by atoms with van der Waals surface area (Å²) in [5.74, 6) is 0. The van der Waals surface area contributed by atoms with Gasteiger partial charge < -0.3 is 4.74 Å². The second kappa shape index (κ2) is 5.46. The third-order valence-corrected chi connectivity index (χ3v) is 3.78. The maximum Gasteiger partial charge on any atom is 0.150 e. The zero-order valence-corrected chi connectivity index (χ0v) is 10.4. The molecule has 2 rings (SSSR count). The summed E-state index contributed by atoms with van der Waals surface area (Å²) in [7, 11) is 0. The number of carbonyl (C=O) groups excluding carboxylic acids is 1. The number of ether oxygens (including phenoxy) is 1. The summed E-state index contributed by atoms with van der Waals surface area (Å²) in [6.45, 7) is 3.57. The normalized spacial score (nSPS) is 18.2. The molecule has 2 heteroatoms. The molecule has 92 valence electrons. The Morgan fingerprint density at radius 1 is 1.35 bits per heavy atom. The van der Waals surface area contributed by atoms with Crippen molar-refractivity contribution in [3.8, 4) is 0 Å². The molecule has 0 spiro atoms. The summed E-state index contributed by atoms with van der Waals surface area (Å²) in [6.07, 6.45) is 5.80. The highest BCUT2D eigenvalue weighted by Crippen LogP contribution is 2.41. The van der Waals surface area contributed by atoms with E-state index in [1.807, 2.05) is 25.1 Å². The first-order valence-electron chi connectivity index (χ1n) is 6.44. The Kier molecular flexibility index (Phi) is 3.95. The van der Waals surface area contributed by atoms with Crippen LogP contribution in [0.2, 0.25) is 0 Å². The van der Waals surface area contributed by atoms with Crippen molar-refractivity contribution in [1.82, 2.24) is 0 Å². The van der Waals surface area contributed by atoms with Gasteiger partial charge in [-0.05, 0) is 31.4 Å². The first kappa shape index (κ1) is 12.3. The van der Waals surface area contributed by atoms with E-state index < -0.39 is 0 Å². The molecular formula is C15H20O2. The van der Waals surface area contributed by atoms with Crippen molar-refractivity contribution in [1.29, 1.82) is 0 Å². The molecule has 0 aromatic heterocycles. The quantitative estimate of drug-likeness (QED) is 0.728. The van der Waals surface area contributed by atoms with Crippen molar-refractivity contribution in [2.24, 2.45) is 0 Å². The Bertz CT molecular complexity index is 378. The Morgan fingerprint density at radius 3 is 2.76 bits per heavy atom. The highest BCUT2D eigenvalue weighted by atomic mass is 16.5. The number of aldehydes is 1. The lowest BCUT2D eigenvalue weighted by Gasteiger charge is -2.29. The Balaban J connectivity index is 2.27. The second-order valence-corrected chi connectivity index (χ2v) is 4.87. The molecule has 0 saturated heterocycles. The first-order chi connectivity index (χ1) is 8.30. The van der Waals surface area contributed by atoms with Gasteiger partial charge in [0.15, 0.2) is 0 Å². The zero-order valence-electron chi connectivity index (χ0n) is 10.4. The van der Waals surface area contributed by atoms with Crippen molar-refractivity contribution in [2.75, 3.05) is 13.2 Å². The van der Waals surface area contributed by atoms with Crippen LogP contribution in [0.25, 0.3) is 0 Å². The monoisotopic (exact) mass is 232 g/mol. The van der Waals surface area contributed by atoms with E-state index in [2.05, 4.69) is 6.07 Å². The Labute approximate surface area is 103 Å². The van der Waals surface area contributed by atoms with Gasteiger partial charge in [-0.2, -0.15) is 0 Å². The van der Waals surface area contributed by atoms with Gasteiger partial charge in [-0.15, -0.1) is 0 Å². The zero-order chi connectivity index (χ0) is 12.1. The third kappa shape index (κ3) is 2.58. The fourth-order valence-electron chi connectivity index (χ4n) is 2.81. The molecule has 2 nitrogen and oxygen atoms in total. The van der Waals surface area contributed by atoms with E-state index in [1.165, 1.54) is 31.2 Å². The molecule has 1 aromatic carbocycles. The lowest BCUT2D eigenvalue weighted by atomic mass is 9.79. The van der Waals surface area contributed by atoms with E-state index in [-0.39, 0.29) is 5.41 Å². The molecular weight excluding hydrogens is 212 g/mol. The topological polar surface area (TPSA) is 26.3 Å². The van der Waals surface area contributed by atoms with Crippen LogP contribution in [0.1, 0.15) is 48.5 Å². The van der Waals surface area contributed by atoms with E-state index >= 15 is 0 Å². The molecule has 0 atom stereocenters.